The largest absolute Gasteiger partial charge is 0.494 e. The molecule has 0 aliphatic rings. The molecular formula is C18H18N4O3. The quantitative estimate of drug-likeness (QED) is 0.653. The van der Waals surface area contributed by atoms with Crippen LogP contribution < -0.4 is 15.8 Å². The lowest BCUT2D eigenvalue weighted by atomic mass is 10.1. The Morgan fingerprint density at radius 3 is 2.64 bits per heavy atom. The molecule has 0 aliphatic heterocycles. The fourth-order valence-electron chi connectivity index (χ4n) is 2.63. The van der Waals surface area contributed by atoms with Crippen LogP contribution >= 0.6 is 0 Å². The Hall–Kier alpha value is -3.19. The van der Waals surface area contributed by atoms with Crippen LogP contribution in [0.5, 0.6) is 5.75 Å². The highest BCUT2D eigenvalue weighted by atomic mass is 16.5. The molecule has 7 nitrogen and oxygen atoms in total. The van der Waals surface area contributed by atoms with Crippen molar-refractivity contribution in [3.05, 3.63) is 59.8 Å². The van der Waals surface area contributed by atoms with Gasteiger partial charge in [-0.2, -0.15) is 0 Å². The van der Waals surface area contributed by atoms with E-state index < -0.39 is 11.9 Å². The Bertz CT molecular complexity index is 899. The fourth-order valence-corrected chi connectivity index (χ4v) is 2.63. The molecule has 0 radical (unpaired) electrons. The average Bonchev–Trinajstić information content (AvgIpc) is 2.65. The van der Waals surface area contributed by atoms with Crippen LogP contribution in [0.4, 0.5) is 5.95 Å². The highest BCUT2D eigenvalue weighted by Crippen LogP contribution is 2.26. The number of nitrogen functional groups attached to an aromatic ring is 1. The van der Waals surface area contributed by atoms with E-state index in [0.717, 1.165) is 5.56 Å². The number of aliphatic hydroxyl groups excluding tert-OH is 1. The predicted octanol–water partition coefficient (Wildman–Crippen LogP) is 1.68. The van der Waals surface area contributed by atoms with Crippen LogP contribution in [0.3, 0.4) is 0 Å². The maximum atomic E-state index is 12.7. The number of methoxy groups -OCH3 is 1. The summed E-state index contributed by atoms with van der Waals surface area (Å²) in [5.74, 6) is 0.0279. The van der Waals surface area contributed by atoms with E-state index in [2.05, 4.69) is 15.3 Å². The van der Waals surface area contributed by atoms with Crippen molar-refractivity contribution in [3.63, 3.8) is 0 Å². The number of benzene rings is 2. The van der Waals surface area contributed by atoms with Crippen LogP contribution in [0.25, 0.3) is 10.9 Å². The number of hydrogen-bond donors (Lipinski definition) is 3. The highest BCUT2D eigenvalue weighted by Gasteiger charge is 2.20. The molecule has 1 amide bonds. The van der Waals surface area contributed by atoms with Crippen molar-refractivity contribution in [2.45, 2.75) is 6.04 Å². The molecule has 2 aromatic carbocycles. The molecule has 0 saturated carbocycles. The van der Waals surface area contributed by atoms with E-state index in [1.54, 1.807) is 18.2 Å². The van der Waals surface area contributed by atoms with Crippen LogP contribution in [0, 0.1) is 0 Å². The number of aliphatic hydroxyl groups is 1. The maximum Gasteiger partial charge on any atom is 0.271 e. The zero-order valence-corrected chi connectivity index (χ0v) is 13.6. The Balaban J connectivity index is 1.99. The van der Waals surface area contributed by atoms with Crippen molar-refractivity contribution < 1.29 is 14.6 Å². The van der Waals surface area contributed by atoms with Gasteiger partial charge in [-0.3, -0.25) is 4.79 Å². The number of amides is 1. The number of nitrogens with two attached hydrogens (primary N) is 1. The minimum Gasteiger partial charge on any atom is -0.494 e. The van der Waals surface area contributed by atoms with Gasteiger partial charge in [0.25, 0.3) is 5.91 Å². The number of rotatable bonds is 5. The Kier molecular flexibility index (Phi) is 4.76. The molecule has 3 rings (SSSR count). The normalized spacial score (nSPS) is 11.9. The first-order chi connectivity index (χ1) is 12.1. The van der Waals surface area contributed by atoms with E-state index in [1.165, 1.54) is 7.11 Å². The van der Waals surface area contributed by atoms with E-state index in [0.29, 0.717) is 16.7 Å². The molecule has 128 valence electrons. The number of nitrogens with one attached hydrogen (secondary N) is 1. The van der Waals surface area contributed by atoms with Gasteiger partial charge in [-0.1, -0.05) is 42.5 Å². The summed E-state index contributed by atoms with van der Waals surface area (Å²) in [4.78, 5) is 21.0. The summed E-state index contributed by atoms with van der Waals surface area (Å²) in [6.45, 7) is -0.239. The number of carbonyl (C=O) groups is 1. The van der Waals surface area contributed by atoms with Crippen molar-refractivity contribution >= 4 is 22.8 Å². The van der Waals surface area contributed by atoms with Crippen molar-refractivity contribution in [1.29, 1.82) is 0 Å². The topological polar surface area (TPSA) is 110 Å². The third-order valence-electron chi connectivity index (χ3n) is 3.83. The lowest BCUT2D eigenvalue weighted by Gasteiger charge is -2.17. The number of aromatic nitrogens is 2. The number of para-hydroxylation sites is 1. The third kappa shape index (κ3) is 3.36. The van der Waals surface area contributed by atoms with Gasteiger partial charge in [0.05, 0.1) is 19.8 Å². The number of nitrogens with zero attached hydrogens (tertiary/aromatic N) is 2. The Morgan fingerprint density at radius 1 is 1.20 bits per heavy atom. The third-order valence-corrected chi connectivity index (χ3v) is 3.83. The van der Waals surface area contributed by atoms with Gasteiger partial charge in [-0.15, -0.1) is 0 Å². The average molecular weight is 338 g/mol. The second-order valence-corrected chi connectivity index (χ2v) is 5.41. The molecular weight excluding hydrogens is 320 g/mol. The van der Waals surface area contributed by atoms with Crippen LogP contribution in [0.2, 0.25) is 0 Å². The first-order valence-corrected chi connectivity index (χ1v) is 7.71. The first-order valence-electron chi connectivity index (χ1n) is 7.71. The summed E-state index contributed by atoms with van der Waals surface area (Å²) in [5.41, 5.74) is 7.14. The number of fused-ring (bicyclic) bond motifs is 1. The van der Waals surface area contributed by atoms with Crippen LogP contribution in [0.15, 0.2) is 48.5 Å². The molecule has 0 saturated heterocycles. The van der Waals surface area contributed by atoms with Gasteiger partial charge < -0.3 is 20.9 Å². The second kappa shape index (κ2) is 7.14. The van der Waals surface area contributed by atoms with E-state index in [9.17, 15) is 9.90 Å². The molecule has 7 heteroatoms. The fraction of sp³-hybridized carbons (Fsp3) is 0.167. The van der Waals surface area contributed by atoms with Gasteiger partial charge in [0.2, 0.25) is 5.95 Å². The number of hydrogen-bond acceptors (Lipinski definition) is 6. The van der Waals surface area contributed by atoms with Crippen LogP contribution in [-0.4, -0.2) is 34.7 Å². The van der Waals surface area contributed by atoms with Gasteiger partial charge in [0.15, 0.2) is 0 Å². The summed E-state index contributed by atoms with van der Waals surface area (Å²) in [5, 5.41) is 12.9. The zero-order valence-electron chi connectivity index (χ0n) is 13.6. The summed E-state index contributed by atoms with van der Waals surface area (Å²) >= 11 is 0. The molecule has 1 heterocycles. The lowest BCUT2D eigenvalue weighted by Crippen LogP contribution is -2.31. The summed E-state index contributed by atoms with van der Waals surface area (Å²) < 4.78 is 5.27. The zero-order chi connectivity index (χ0) is 17.8. The molecule has 0 fully saturated rings. The van der Waals surface area contributed by atoms with Crippen LogP contribution in [-0.2, 0) is 0 Å². The summed E-state index contributed by atoms with van der Waals surface area (Å²) in [6.07, 6.45) is 0. The van der Waals surface area contributed by atoms with Crippen molar-refractivity contribution in [2.75, 3.05) is 19.5 Å². The SMILES string of the molecule is COc1cccc2c(C(=O)NC(CO)c3ccccc3)nc(N)nc12. The Labute approximate surface area is 144 Å². The second-order valence-electron chi connectivity index (χ2n) is 5.41. The maximum absolute atomic E-state index is 12.7. The summed E-state index contributed by atoms with van der Waals surface area (Å²) in [6, 6.07) is 13.9. The Morgan fingerprint density at radius 2 is 1.96 bits per heavy atom. The van der Waals surface area contributed by atoms with Gasteiger partial charge in [0.1, 0.15) is 17.0 Å². The lowest BCUT2D eigenvalue weighted by molar-refractivity contribution is 0.0913. The molecule has 3 aromatic rings. The number of ether oxygens (including phenoxy) is 1. The van der Waals surface area contributed by atoms with Crippen molar-refractivity contribution in [3.8, 4) is 5.75 Å². The van der Waals surface area contributed by atoms with Gasteiger partial charge in [-0.25, -0.2) is 9.97 Å². The van der Waals surface area contributed by atoms with E-state index in [1.807, 2.05) is 30.3 Å². The van der Waals surface area contributed by atoms with Crippen molar-refractivity contribution in [2.24, 2.45) is 0 Å². The molecule has 1 unspecified atom stereocenters. The smallest absolute Gasteiger partial charge is 0.271 e. The van der Waals surface area contributed by atoms with E-state index in [-0.39, 0.29) is 18.2 Å². The molecule has 0 aliphatic carbocycles. The predicted molar refractivity (Wildman–Crippen MR) is 94.2 cm³/mol. The minimum atomic E-state index is -0.550. The molecule has 0 bridgehead atoms. The number of anilines is 1. The standard InChI is InChI=1S/C18H18N4O3/c1-25-14-9-5-8-12-15(14)21-18(19)22-16(12)17(24)20-13(10-23)11-6-3-2-4-7-11/h2-9,13,23H,10H2,1H3,(H,20,24)(H2,19,21,22). The molecule has 0 spiro atoms. The van der Waals surface area contributed by atoms with Gasteiger partial charge in [0, 0.05) is 5.39 Å². The van der Waals surface area contributed by atoms with Crippen LogP contribution in [0.1, 0.15) is 22.1 Å². The molecule has 4 N–H and O–H groups in total. The van der Waals surface area contributed by atoms with Crippen molar-refractivity contribution in [1.82, 2.24) is 15.3 Å². The van der Waals surface area contributed by atoms with E-state index >= 15 is 0 Å². The van der Waals surface area contributed by atoms with E-state index in [4.69, 9.17) is 10.5 Å². The number of carbonyl (C=O) groups excluding carboxylic acids is 1. The minimum absolute atomic E-state index is 0.0255. The van der Waals surface area contributed by atoms with Gasteiger partial charge >= 0.3 is 0 Å². The first kappa shape index (κ1) is 16.7. The van der Waals surface area contributed by atoms with Gasteiger partial charge in [-0.05, 0) is 11.6 Å². The summed E-state index contributed by atoms with van der Waals surface area (Å²) in [7, 11) is 1.52. The molecule has 1 aromatic heterocycles. The monoisotopic (exact) mass is 338 g/mol. The highest BCUT2D eigenvalue weighted by molar-refractivity contribution is 6.06. The molecule has 25 heavy (non-hydrogen) atoms. The molecule has 1 atom stereocenters.